The number of ketones is 1. The van der Waals surface area contributed by atoms with E-state index < -0.39 is 17.8 Å². The summed E-state index contributed by atoms with van der Waals surface area (Å²) in [6.07, 6.45) is 1.08. The van der Waals surface area contributed by atoms with Crippen LogP contribution < -0.4 is 0 Å². The van der Waals surface area contributed by atoms with E-state index in [2.05, 4.69) is 0 Å². The Morgan fingerprint density at radius 1 is 1.08 bits per heavy atom. The van der Waals surface area contributed by atoms with Crippen molar-refractivity contribution < 1.29 is 19.1 Å². The van der Waals surface area contributed by atoms with E-state index in [0.29, 0.717) is 36.5 Å². The van der Waals surface area contributed by atoms with E-state index in [4.69, 9.17) is 11.6 Å². The first kappa shape index (κ1) is 18.5. The van der Waals surface area contributed by atoms with Crippen molar-refractivity contribution in [2.45, 2.75) is 18.9 Å². The Labute approximate surface area is 156 Å². The van der Waals surface area contributed by atoms with E-state index in [-0.39, 0.29) is 17.3 Å². The standard InChI is InChI=1S/C20H19ClFNO3/c21-15-7-5-13(6-8-15)19(24)14-9-11-23(12-10-14)18(20(25)26)16-3-1-2-4-17(16)22/h1-8,14,18H,9-12H2,(H,25,26). The number of likely N-dealkylation sites (tertiary alicyclic amines) is 1. The Morgan fingerprint density at radius 2 is 1.69 bits per heavy atom. The molecule has 1 fully saturated rings. The maximum absolute atomic E-state index is 14.1. The minimum Gasteiger partial charge on any atom is -0.480 e. The fraction of sp³-hybridized carbons (Fsp3) is 0.300. The van der Waals surface area contributed by atoms with Gasteiger partial charge in [-0.25, -0.2) is 4.39 Å². The van der Waals surface area contributed by atoms with E-state index in [0.717, 1.165) is 0 Å². The van der Waals surface area contributed by atoms with Gasteiger partial charge in [0.25, 0.3) is 0 Å². The zero-order valence-corrected chi connectivity index (χ0v) is 14.8. The number of piperidine rings is 1. The average molecular weight is 376 g/mol. The normalized spacial score (nSPS) is 17.0. The van der Waals surface area contributed by atoms with Gasteiger partial charge < -0.3 is 5.11 Å². The van der Waals surface area contributed by atoms with Crippen LogP contribution in [0.2, 0.25) is 5.02 Å². The van der Waals surface area contributed by atoms with Crippen molar-refractivity contribution in [1.29, 1.82) is 0 Å². The number of carbonyl (C=O) groups is 2. The molecule has 2 aromatic carbocycles. The smallest absolute Gasteiger partial charge is 0.325 e. The fourth-order valence-electron chi connectivity index (χ4n) is 3.45. The maximum atomic E-state index is 14.1. The summed E-state index contributed by atoms with van der Waals surface area (Å²) in [6, 6.07) is 11.7. The van der Waals surface area contributed by atoms with E-state index >= 15 is 0 Å². The number of aliphatic carboxylic acids is 1. The first-order valence-electron chi connectivity index (χ1n) is 8.48. The number of rotatable bonds is 5. The van der Waals surface area contributed by atoms with Crippen LogP contribution in [0.5, 0.6) is 0 Å². The Balaban J connectivity index is 1.70. The van der Waals surface area contributed by atoms with Crippen LogP contribution in [0.3, 0.4) is 0 Å². The lowest BCUT2D eigenvalue weighted by Crippen LogP contribution is -2.42. The number of carboxylic acid groups (broad SMARTS) is 1. The molecule has 0 radical (unpaired) electrons. The third-order valence-corrected chi connectivity index (χ3v) is 5.08. The summed E-state index contributed by atoms with van der Waals surface area (Å²) in [5.41, 5.74) is 0.763. The van der Waals surface area contributed by atoms with Gasteiger partial charge in [-0.3, -0.25) is 14.5 Å². The fourth-order valence-corrected chi connectivity index (χ4v) is 3.58. The second-order valence-corrected chi connectivity index (χ2v) is 6.88. The molecule has 4 nitrogen and oxygen atoms in total. The van der Waals surface area contributed by atoms with Crippen molar-refractivity contribution >= 4 is 23.4 Å². The molecule has 1 aliphatic heterocycles. The van der Waals surface area contributed by atoms with Crippen LogP contribution >= 0.6 is 11.6 Å². The van der Waals surface area contributed by atoms with E-state index in [1.54, 1.807) is 35.2 Å². The third kappa shape index (κ3) is 3.94. The largest absolute Gasteiger partial charge is 0.480 e. The monoisotopic (exact) mass is 375 g/mol. The highest BCUT2D eigenvalue weighted by atomic mass is 35.5. The predicted molar refractivity (Wildman–Crippen MR) is 96.9 cm³/mol. The summed E-state index contributed by atoms with van der Waals surface area (Å²) in [5.74, 6) is -1.74. The molecule has 1 unspecified atom stereocenters. The number of benzene rings is 2. The van der Waals surface area contributed by atoms with Crippen LogP contribution in [0.15, 0.2) is 48.5 Å². The first-order valence-corrected chi connectivity index (χ1v) is 8.86. The molecule has 0 saturated carbocycles. The lowest BCUT2D eigenvalue weighted by atomic mass is 9.88. The van der Waals surface area contributed by atoms with E-state index in [9.17, 15) is 19.1 Å². The maximum Gasteiger partial charge on any atom is 0.325 e. The lowest BCUT2D eigenvalue weighted by molar-refractivity contribution is -0.144. The van der Waals surface area contributed by atoms with Gasteiger partial charge in [0.05, 0.1) is 0 Å². The number of carbonyl (C=O) groups excluding carboxylic acids is 1. The summed E-state index contributed by atoms with van der Waals surface area (Å²) >= 11 is 5.85. The zero-order chi connectivity index (χ0) is 18.7. The van der Waals surface area contributed by atoms with Gasteiger partial charge in [0.1, 0.15) is 11.9 Å². The number of nitrogens with zero attached hydrogens (tertiary/aromatic N) is 1. The summed E-state index contributed by atoms with van der Waals surface area (Å²) in [6.45, 7) is 0.852. The molecule has 0 aliphatic carbocycles. The second-order valence-electron chi connectivity index (χ2n) is 6.44. The molecule has 0 aromatic heterocycles. The molecule has 1 saturated heterocycles. The molecule has 0 bridgehead atoms. The summed E-state index contributed by atoms with van der Waals surface area (Å²) in [7, 11) is 0. The molecule has 3 rings (SSSR count). The number of Topliss-reactive ketones (excluding diaryl/α,β-unsaturated/α-hetero) is 1. The number of hydrogen-bond acceptors (Lipinski definition) is 3. The lowest BCUT2D eigenvalue weighted by Gasteiger charge is -2.35. The highest BCUT2D eigenvalue weighted by molar-refractivity contribution is 6.30. The number of halogens is 2. The molecule has 136 valence electrons. The molecule has 0 amide bonds. The van der Waals surface area contributed by atoms with Crippen molar-refractivity contribution in [3.8, 4) is 0 Å². The zero-order valence-electron chi connectivity index (χ0n) is 14.1. The molecule has 26 heavy (non-hydrogen) atoms. The SMILES string of the molecule is O=C(c1ccc(Cl)cc1)C1CCN(C(C(=O)O)c2ccccc2F)CC1. The highest BCUT2D eigenvalue weighted by Crippen LogP contribution is 2.30. The van der Waals surface area contributed by atoms with Crippen LogP contribution in [-0.2, 0) is 4.79 Å². The molecular weight excluding hydrogens is 357 g/mol. The first-order chi connectivity index (χ1) is 12.5. The third-order valence-electron chi connectivity index (χ3n) is 4.83. The topological polar surface area (TPSA) is 57.6 Å². The Bertz CT molecular complexity index is 801. The molecule has 2 aromatic rings. The molecular formula is C20H19ClFNO3. The minimum atomic E-state index is -1.09. The van der Waals surface area contributed by atoms with Crippen molar-refractivity contribution in [2.75, 3.05) is 13.1 Å². The second kappa shape index (κ2) is 7.98. The summed E-state index contributed by atoms with van der Waals surface area (Å²) < 4.78 is 14.1. The van der Waals surface area contributed by atoms with Gasteiger partial charge in [-0.15, -0.1) is 0 Å². The summed E-state index contributed by atoms with van der Waals surface area (Å²) in [4.78, 5) is 26.1. The van der Waals surface area contributed by atoms with Gasteiger partial charge in [0.15, 0.2) is 5.78 Å². The molecule has 0 spiro atoms. The van der Waals surface area contributed by atoms with Crippen LogP contribution in [0, 0.1) is 11.7 Å². The average Bonchev–Trinajstić information content (AvgIpc) is 2.64. The van der Waals surface area contributed by atoms with Gasteiger partial charge in [-0.1, -0.05) is 29.8 Å². The van der Waals surface area contributed by atoms with Gasteiger partial charge in [0, 0.05) is 22.1 Å². The van der Waals surface area contributed by atoms with Gasteiger partial charge in [0.2, 0.25) is 0 Å². The molecule has 1 atom stereocenters. The Morgan fingerprint density at radius 3 is 2.27 bits per heavy atom. The van der Waals surface area contributed by atoms with Crippen LogP contribution in [0.4, 0.5) is 4.39 Å². The molecule has 1 heterocycles. The van der Waals surface area contributed by atoms with E-state index in [1.807, 2.05) is 0 Å². The molecule has 1 aliphatic rings. The van der Waals surface area contributed by atoms with Crippen LogP contribution in [0.1, 0.15) is 34.8 Å². The van der Waals surface area contributed by atoms with E-state index in [1.165, 1.54) is 18.2 Å². The number of hydrogen-bond donors (Lipinski definition) is 1. The van der Waals surface area contributed by atoms with Crippen molar-refractivity contribution in [3.05, 3.63) is 70.5 Å². The van der Waals surface area contributed by atoms with Crippen molar-refractivity contribution in [1.82, 2.24) is 4.90 Å². The van der Waals surface area contributed by atoms with Crippen molar-refractivity contribution in [3.63, 3.8) is 0 Å². The van der Waals surface area contributed by atoms with Crippen LogP contribution in [-0.4, -0.2) is 34.8 Å². The minimum absolute atomic E-state index is 0.0408. The molecule has 1 N–H and O–H groups in total. The Kier molecular flexibility index (Phi) is 5.69. The van der Waals surface area contributed by atoms with Gasteiger partial charge >= 0.3 is 5.97 Å². The van der Waals surface area contributed by atoms with Crippen molar-refractivity contribution in [2.24, 2.45) is 5.92 Å². The highest BCUT2D eigenvalue weighted by Gasteiger charge is 2.34. The number of carboxylic acids is 1. The molecule has 6 heteroatoms. The van der Waals surface area contributed by atoms with Gasteiger partial charge in [-0.2, -0.15) is 0 Å². The predicted octanol–water partition coefficient (Wildman–Crippen LogP) is 4.20. The quantitative estimate of drug-likeness (QED) is 0.796. The Hall–Kier alpha value is -2.24. The van der Waals surface area contributed by atoms with Crippen LogP contribution in [0.25, 0.3) is 0 Å². The summed E-state index contributed by atoms with van der Waals surface area (Å²) in [5, 5.41) is 10.2. The van der Waals surface area contributed by atoms with Gasteiger partial charge in [-0.05, 0) is 56.3 Å².